The van der Waals surface area contributed by atoms with Crippen LogP contribution in [0.3, 0.4) is 0 Å². The van der Waals surface area contributed by atoms with Gasteiger partial charge in [-0.3, -0.25) is 4.79 Å². The molecule has 0 aliphatic heterocycles. The van der Waals surface area contributed by atoms with Gasteiger partial charge in [0, 0.05) is 16.1 Å². The second-order valence-electron chi connectivity index (χ2n) is 5.94. The number of carbonyl (C=O) groups is 1. The van der Waals surface area contributed by atoms with E-state index < -0.39 is 0 Å². The van der Waals surface area contributed by atoms with Crippen LogP contribution in [0.1, 0.15) is 50.1 Å². The summed E-state index contributed by atoms with van der Waals surface area (Å²) in [5.74, 6) is -0.161. The molecule has 2 rings (SSSR count). The summed E-state index contributed by atoms with van der Waals surface area (Å²) < 4.78 is 4.84. The fourth-order valence-electron chi connectivity index (χ4n) is 3.34. The minimum absolute atomic E-state index is 0.0600. The Kier molecular flexibility index (Phi) is 5.53. The maximum Gasteiger partial charge on any atom is 0.306 e. The summed E-state index contributed by atoms with van der Waals surface area (Å²) in [5, 5.41) is 1.18. The quantitative estimate of drug-likeness (QED) is 0.808. The second-order valence-corrected chi connectivity index (χ2v) is 6.78. The van der Waals surface area contributed by atoms with E-state index in [1.54, 1.807) is 12.1 Å². The number of hydrogen-bond acceptors (Lipinski definition) is 3. The molecule has 1 atom stereocenters. The number of esters is 1. The van der Waals surface area contributed by atoms with Crippen LogP contribution in [0, 0.1) is 5.41 Å². The van der Waals surface area contributed by atoms with E-state index in [1.165, 1.54) is 7.11 Å². The van der Waals surface area contributed by atoms with E-state index in [1.807, 2.05) is 6.07 Å². The molecule has 0 bridgehead atoms. The molecular weight excluding hydrogens is 309 g/mol. The molecule has 1 aromatic carbocycles. The lowest BCUT2D eigenvalue weighted by molar-refractivity contribution is -0.143. The van der Waals surface area contributed by atoms with E-state index in [2.05, 4.69) is 0 Å². The predicted octanol–water partition coefficient (Wildman–Crippen LogP) is 4.51. The van der Waals surface area contributed by atoms with Gasteiger partial charge in [0.1, 0.15) is 0 Å². The van der Waals surface area contributed by atoms with Crippen molar-refractivity contribution in [2.24, 2.45) is 11.1 Å². The van der Waals surface area contributed by atoms with Crippen molar-refractivity contribution in [1.29, 1.82) is 0 Å². The Hall–Kier alpha value is -0.770. The molecule has 0 radical (unpaired) electrons. The number of nitrogens with two attached hydrogens (primary N) is 1. The molecule has 21 heavy (non-hydrogen) atoms. The molecule has 3 nitrogen and oxygen atoms in total. The Labute approximate surface area is 135 Å². The van der Waals surface area contributed by atoms with Crippen molar-refractivity contribution in [1.82, 2.24) is 0 Å². The van der Waals surface area contributed by atoms with Gasteiger partial charge >= 0.3 is 5.97 Å². The van der Waals surface area contributed by atoms with E-state index in [0.717, 1.165) is 37.7 Å². The van der Waals surface area contributed by atoms with Gasteiger partial charge in [-0.2, -0.15) is 0 Å². The molecule has 1 unspecified atom stereocenters. The standard InChI is InChI=1S/C16H21Cl2NO2/c1-21-15(20)10-16(6-2-3-7-16)9-14(19)12-5-4-11(17)8-13(12)18/h4-5,8,14H,2-3,6-7,9-10,19H2,1H3. The van der Waals surface area contributed by atoms with Gasteiger partial charge in [0.25, 0.3) is 0 Å². The van der Waals surface area contributed by atoms with Crippen LogP contribution in [0.4, 0.5) is 0 Å². The summed E-state index contributed by atoms with van der Waals surface area (Å²) in [5.41, 5.74) is 7.17. The topological polar surface area (TPSA) is 52.3 Å². The third-order valence-electron chi connectivity index (χ3n) is 4.43. The van der Waals surface area contributed by atoms with E-state index in [9.17, 15) is 4.79 Å². The number of methoxy groups -OCH3 is 1. The third-order valence-corrected chi connectivity index (χ3v) is 4.99. The Balaban J connectivity index is 2.14. The molecule has 1 aromatic rings. The van der Waals surface area contributed by atoms with Crippen molar-refractivity contribution >= 4 is 29.2 Å². The summed E-state index contributed by atoms with van der Waals surface area (Å²) in [6.07, 6.45) is 5.48. The van der Waals surface area contributed by atoms with Crippen LogP contribution in [0.25, 0.3) is 0 Å². The first-order valence-electron chi connectivity index (χ1n) is 7.23. The molecule has 0 spiro atoms. The first-order valence-corrected chi connectivity index (χ1v) is 7.99. The van der Waals surface area contributed by atoms with E-state index in [0.29, 0.717) is 16.5 Å². The fraction of sp³-hybridized carbons (Fsp3) is 0.562. The van der Waals surface area contributed by atoms with Gasteiger partial charge in [-0.05, 0) is 42.4 Å². The summed E-state index contributed by atoms with van der Waals surface area (Å²) in [6.45, 7) is 0. The highest BCUT2D eigenvalue weighted by molar-refractivity contribution is 6.35. The van der Waals surface area contributed by atoms with Crippen molar-refractivity contribution in [3.8, 4) is 0 Å². The van der Waals surface area contributed by atoms with E-state index >= 15 is 0 Å². The number of rotatable bonds is 5. The average Bonchev–Trinajstić information content (AvgIpc) is 2.86. The van der Waals surface area contributed by atoms with Crippen molar-refractivity contribution in [3.05, 3.63) is 33.8 Å². The lowest BCUT2D eigenvalue weighted by Crippen LogP contribution is -2.27. The minimum Gasteiger partial charge on any atom is -0.469 e. The average molecular weight is 330 g/mol. The molecule has 1 aliphatic carbocycles. The van der Waals surface area contributed by atoms with Gasteiger partial charge in [-0.15, -0.1) is 0 Å². The zero-order valence-corrected chi connectivity index (χ0v) is 13.7. The van der Waals surface area contributed by atoms with Crippen molar-refractivity contribution in [2.45, 2.75) is 44.6 Å². The smallest absolute Gasteiger partial charge is 0.306 e. The molecular formula is C16H21Cl2NO2. The zero-order chi connectivity index (χ0) is 15.5. The van der Waals surface area contributed by atoms with Gasteiger partial charge in [0.15, 0.2) is 0 Å². The number of ether oxygens (including phenoxy) is 1. The minimum atomic E-state index is -0.197. The first kappa shape index (κ1) is 16.6. The second kappa shape index (κ2) is 6.99. The molecule has 116 valence electrons. The van der Waals surface area contributed by atoms with Crippen LogP contribution in [0.15, 0.2) is 18.2 Å². The summed E-state index contributed by atoms with van der Waals surface area (Å²) >= 11 is 12.2. The van der Waals surface area contributed by atoms with Crippen molar-refractivity contribution < 1.29 is 9.53 Å². The molecule has 2 N–H and O–H groups in total. The molecule has 1 fully saturated rings. The third kappa shape index (κ3) is 4.12. The van der Waals surface area contributed by atoms with Gasteiger partial charge in [-0.25, -0.2) is 0 Å². The number of benzene rings is 1. The molecule has 1 saturated carbocycles. The number of hydrogen-bond donors (Lipinski definition) is 1. The highest BCUT2D eigenvalue weighted by atomic mass is 35.5. The van der Waals surface area contributed by atoms with Crippen LogP contribution in [-0.2, 0) is 9.53 Å². The van der Waals surface area contributed by atoms with Gasteiger partial charge in [-0.1, -0.05) is 42.1 Å². The Morgan fingerprint density at radius 3 is 2.62 bits per heavy atom. The molecule has 0 saturated heterocycles. The molecule has 1 aliphatic rings. The SMILES string of the molecule is COC(=O)CC1(CC(N)c2ccc(Cl)cc2Cl)CCCC1. The maximum atomic E-state index is 11.7. The monoisotopic (exact) mass is 329 g/mol. The molecule has 0 amide bonds. The zero-order valence-electron chi connectivity index (χ0n) is 12.2. The van der Waals surface area contributed by atoms with Crippen molar-refractivity contribution in [3.63, 3.8) is 0 Å². The molecule has 5 heteroatoms. The summed E-state index contributed by atoms with van der Waals surface area (Å²) in [6, 6.07) is 5.18. The summed E-state index contributed by atoms with van der Waals surface area (Å²) in [4.78, 5) is 11.7. The number of carbonyl (C=O) groups excluding carboxylic acids is 1. The maximum absolute atomic E-state index is 11.7. The van der Waals surface area contributed by atoms with Crippen LogP contribution in [0.2, 0.25) is 10.0 Å². The van der Waals surface area contributed by atoms with Gasteiger partial charge in [0.05, 0.1) is 13.5 Å². The van der Waals surface area contributed by atoms with E-state index in [4.69, 9.17) is 33.7 Å². The molecule has 0 heterocycles. The van der Waals surface area contributed by atoms with Crippen LogP contribution < -0.4 is 5.73 Å². The van der Waals surface area contributed by atoms with E-state index in [-0.39, 0.29) is 17.4 Å². The predicted molar refractivity (Wildman–Crippen MR) is 85.5 cm³/mol. The van der Waals surface area contributed by atoms with Crippen LogP contribution >= 0.6 is 23.2 Å². The fourth-order valence-corrected chi connectivity index (χ4v) is 3.88. The lowest BCUT2D eigenvalue weighted by atomic mass is 9.76. The Bertz CT molecular complexity index is 513. The van der Waals surface area contributed by atoms with Crippen LogP contribution in [-0.4, -0.2) is 13.1 Å². The number of halogens is 2. The summed E-state index contributed by atoms with van der Waals surface area (Å²) in [7, 11) is 1.43. The normalized spacial score (nSPS) is 18.5. The lowest BCUT2D eigenvalue weighted by Gasteiger charge is -2.31. The van der Waals surface area contributed by atoms with Gasteiger partial charge < -0.3 is 10.5 Å². The largest absolute Gasteiger partial charge is 0.469 e. The Morgan fingerprint density at radius 2 is 2.05 bits per heavy atom. The first-order chi connectivity index (χ1) is 9.96. The van der Waals surface area contributed by atoms with Crippen molar-refractivity contribution in [2.75, 3.05) is 7.11 Å². The van der Waals surface area contributed by atoms with Gasteiger partial charge in [0.2, 0.25) is 0 Å². The highest BCUT2D eigenvalue weighted by Crippen LogP contribution is 2.47. The van der Waals surface area contributed by atoms with Crippen LogP contribution in [0.5, 0.6) is 0 Å². The molecule has 0 aromatic heterocycles. The highest BCUT2D eigenvalue weighted by Gasteiger charge is 2.38. The Morgan fingerprint density at radius 1 is 1.38 bits per heavy atom.